The third-order valence-electron chi connectivity index (χ3n) is 4.73. The van der Waals surface area contributed by atoms with Crippen LogP contribution < -0.4 is 9.47 Å². The number of amides is 1. The molecule has 1 unspecified atom stereocenters. The predicted octanol–water partition coefficient (Wildman–Crippen LogP) is 3.17. The maximum atomic E-state index is 12.9. The fourth-order valence-corrected chi connectivity index (χ4v) is 5.05. The Kier molecular flexibility index (Phi) is 6.24. The van der Waals surface area contributed by atoms with Gasteiger partial charge in [-0.1, -0.05) is 18.2 Å². The van der Waals surface area contributed by atoms with Crippen molar-refractivity contribution in [2.75, 3.05) is 26.3 Å². The quantitative estimate of drug-likeness (QED) is 0.710. The summed E-state index contributed by atoms with van der Waals surface area (Å²) < 4.78 is 36.8. The molecule has 0 saturated carbocycles. The van der Waals surface area contributed by atoms with E-state index in [2.05, 4.69) is 0 Å². The molecule has 1 amide bonds. The lowest BCUT2D eigenvalue weighted by atomic mass is 10.1. The van der Waals surface area contributed by atoms with Gasteiger partial charge in [-0.3, -0.25) is 4.79 Å². The van der Waals surface area contributed by atoms with Gasteiger partial charge >= 0.3 is 0 Å². The van der Waals surface area contributed by atoms with Crippen LogP contribution >= 0.6 is 0 Å². The lowest BCUT2D eigenvalue weighted by Gasteiger charge is -2.18. The van der Waals surface area contributed by atoms with Gasteiger partial charge in [0.1, 0.15) is 0 Å². The van der Waals surface area contributed by atoms with E-state index in [1.807, 2.05) is 13.8 Å². The molecule has 0 aliphatic carbocycles. The van der Waals surface area contributed by atoms with E-state index in [0.29, 0.717) is 48.1 Å². The van der Waals surface area contributed by atoms with E-state index < -0.39 is 15.1 Å². The summed E-state index contributed by atoms with van der Waals surface area (Å²) in [6.07, 6.45) is 0.429. The Bertz CT molecular complexity index is 927. The Morgan fingerprint density at radius 1 is 1.04 bits per heavy atom. The first-order valence-electron chi connectivity index (χ1n) is 9.45. The summed E-state index contributed by atoms with van der Waals surface area (Å²) >= 11 is 0. The van der Waals surface area contributed by atoms with Crippen LogP contribution in [0.5, 0.6) is 11.5 Å². The van der Waals surface area contributed by atoms with E-state index in [4.69, 9.17) is 9.47 Å². The van der Waals surface area contributed by atoms with Gasteiger partial charge in [0.25, 0.3) is 5.91 Å². The van der Waals surface area contributed by atoms with Gasteiger partial charge in [0, 0.05) is 18.7 Å². The van der Waals surface area contributed by atoms with Crippen molar-refractivity contribution in [1.29, 1.82) is 0 Å². The highest BCUT2D eigenvalue weighted by molar-refractivity contribution is 7.92. The standard InChI is InChI=1S/C21H25NO5S/c1-3-26-19-11-10-16(14-20(19)27-4-2)21(23)22-13-12-18(15-22)28(24,25)17-8-6-5-7-9-17/h5-11,14,18H,3-4,12-13,15H2,1-2H3. The molecule has 3 rings (SSSR count). The summed E-state index contributed by atoms with van der Waals surface area (Å²) in [5.74, 6) is 0.907. The minimum absolute atomic E-state index is 0.188. The first-order chi connectivity index (χ1) is 13.5. The second kappa shape index (κ2) is 8.65. The van der Waals surface area contributed by atoms with Crippen LogP contribution in [0.2, 0.25) is 0 Å². The van der Waals surface area contributed by atoms with Crippen molar-refractivity contribution in [2.45, 2.75) is 30.4 Å². The lowest BCUT2D eigenvalue weighted by Crippen LogP contribution is -2.32. The zero-order chi connectivity index (χ0) is 20.1. The van der Waals surface area contributed by atoms with Gasteiger partial charge in [0.2, 0.25) is 0 Å². The largest absolute Gasteiger partial charge is 0.490 e. The molecule has 0 aromatic heterocycles. The second-order valence-electron chi connectivity index (χ2n) is 6.55. The average Bonchev–Trinajstić information content (AvgIpc) is 3.21. The van der Waals surface area contributed by atoms with E-state index in [9.17, 15) is 13.2 Å². The number of sulfone groups is 1. The summed E-state index contributed by atoms with van der Waals surface area (Å²) in [5.41, 5.74) is 0.463. The molecule has 1 fully saturated rings. The zero-order valence-corrected chi connectivity index (χ0v) is 16.9. The van der Waals surface area contributed by atoms with E-state index in [0.717, 1.165) is 0 Å². The van der Waals surface area contributed by atoms with Gasteiger partial charge in [-0.2, -0.15) is 0 Å². The maximum absolute atomic E-state index is 12.9. The number of benzene rings is 2. The van der Waals surface area contributed by atoms with Gasteiger partial charge < -0.3 is 14.4 Å². The lowest BCUT2D eigenvalue weighted by molar-refractivity contribution is 0.0792. The van der Waals surface area contributed by atoms with Gasteiger partial charge in [-0.05, 0) is 50.6 Å². The smallest absolute Gasteiger partial charge is 0.254 e. The van der Waals surface area contributed by atoms with E-state index >= 15 is 0 Å². The molecule has 150 valence electrons. The normalized spacial score (nSPS) is 16.8. The number of nitrogens with zero attached hydrogens (tertiary/aromatic N) is 1. The summed E-state index contributed by atoms with van der Waals surface area (Å²) in [5, 5.41) is -0.590. The molecule has 28 heavy (non-hydrogen) atoms. The fraction of sp³-hybridized carbons (Fsp3) is 0.381. The molecule has 0 N–H and O–H groups in total. The number of carbonyl (C=O) groups is 1. The van der Waals surface area contributed by atoms with Crippen molar-refractivity contribution in [3.05, 3.63) is 54.1 Å². The van der Waals surface area contributed by atoms with Crippen LogP contribution in [0.3, 0.4) is 0 Å². The number of hydrogen-bond acceptors (Lipinski definition) is 5. The summed E-state index contributed by atoms with van der Waals surface area (Å²) in [4.78, 5) is 14.8. The molecule has 1 aliphatic heterocycles. The van der Waals surface area contributed by atoms with Crippen molar-refractivity contribution >= 4 is 15.7 Å². The maximum Gasteiger partial charge on any atom is 0.254 e. The molecular formula is C21H25NO5S. The molecule has 7 heteroatoms. The first kappa shape index (κ1) is 20.2. The minimum atomic E-state index is -3.46. The zero-order valence-electron chi connectivity index (χ0n) is 16.1. The van der Waals surface area contributed by atoms with Crippen LogP contribution in [0.15, 0.2) is 53.4 Å². The Morgan fingerprint density at radius 3 is 2.39 bits per heavy atom. The Morgan fingerprint density at radius 2 is 1.71 bits per heavy atom. The number of hydrogen-bond donors (Lipinski definition) is 0. The monoisotopic (exact) mass is 403 g/mol. The van der Waals surface area contributed by atoms with Crippen LogP contribution in [0.1, 0.15) is 30.6 Å². The molecule has 1 heterocycles. The minimum Gasteiger partial charge on any atom is -0.490 e. The van der Waals surface area contributed by atoms with E-state index in [1.165, 1.54) is 0 Å². The van der Waals surface area contributed by atoms with Crippen molar-refractivity contribution in [1.82, 2.24) is 4.90 Å². The highest BCUT2D eigenvalue weighted by atomic mass is 32.2. The van der Waals surface area contributed by atoms with E-state index in [-0.39, 0.29) is 12.5 Å². The topological polar surface area (TPSA) is 72.9 Å². The number of rotatable bonds is 7. The summed E-state index contributed by atoms with van der Waals surface area (Å²) in [7, 11) is -3.46. The van der Waals surface area contributed by atoms with Gasteiger partial charge in [-0.25, -0.2) is 8.42 Å². The summed E-state index contributed by atoms with van der Waals surface area (Å²) in [6.45, 7) is 5.30. The van der Waals surface area contributed by atoms with Crippen LogP contribution in [0.25, 0.3) is 0 Å². The Balaban J connectivity index is 1.77. The molecule has 2 aromatic carbocycles. The SMILES string of the molecule is CCOc1ccc(C(=O)N2CCC(S(=O)(=O)c3ccccc3)C2)cc1OCC. The van der Waals surface area contributed by atoms with Crippen LogP contribution in [0, 0.1) is 0 Å². The highest BCUT2D eigenvalue weighted by Crippen LogP contribution is 2.30. The van der Waals surface area contributed by atoms with Crippen LogP contribution in [-0.4, -0.2) is 50.8 Å². The van der Waals surface area contributed by atoms with Crippen molar-refractivity contribution < 1.29 is 22.7 Å². The van der Waals surface area contributed by atoms with Crippen LogP contribution in [-0.2, 0) is 9.84 Å². The molecule has 1 aliphatic rings. The van der Waals surface area contributed by atoms with E-state index in [1.54, 1.807) is 53.4 Å². The third-order valence-corrected chi connectivity index (χ3v) is 6.92. The molecule has 1 atom stereocenters. The average molecular weight is 404 g/mol. The first-order valence-corrected chi connectivity index (χ1v) is 11.0. The summed E-state index contributed by atoms with van der Waals surface area (Å²) in [6, 6.07) is 13.5. The highest BCUT2D eigenvalue weighted by Gasteiger charge is 2.36. The number of carbonyl (C=O) groups excluding carboxylic acids is 1. The molecule has 6 nitrogen and oxygen atoms in total. The fourth-order valence-electron chi connectivity index (χ4n) is 3.34. The molecule has 0 radical (unpaired) electrons. The van der Waals surface area contributed by atoms with Gasteiger partial charge in [-0.15, -0.1) is 0 Å². The van der Waals surface area contributed by atoms with Crippen molar-refractivity contribution in [2.24, 2.45) is 0 Å². The van der Waals surface area contributed by atoms with Crippen LogP contribution in [0.4, 0.5) is 0 Å². The molecular weight excluding hydrogens is 378 g/mol. The van der Waals surface area contributed by atoms with Gasteiger partial charge in [0.15, 0.2) is 21.3 Å². The van der Waals surface area contributed by atoms with Crippen molar-refractivity contribution in [3.63, 3.8) is 0 Å². The second-order valence-corrected chi connectivity index (χ2v) is 8.78. The Hall–Kier alpha value is -2.54. The molecule has 0 bridgehead atoms. The number of likely N-dealkylation sites (tertiary alicyclic amines) is 1. The number of ether oxygens (including phenoxy) is 2. The van der Waals surface area contributed by atoms with Crippen molar-refractivity contribution in [3.8, 4) is 11.5 Å². The van der Waals surface area contributed by atoms with Gasteiger partial charge in [0.05, 0.1) is 23.4 Å². The molecule has 2 aromatic rings. The Labute approximate surface area is 166 Å². The molecule has 1 saturated heterocycles. The predicted molar refractivity (Wildman–Crippen MR) is 107 cm³/mol. The third kappa shape index (κ3) is 4.14. The molecule has 0 spiro atoms.